The van der Waals surface area contributed by atoms with E-state index < -0.39 is 60.8 Å². The van der Waals surface area contributed by atoms with Crippen molar-refractivity contribution in [2.75, 3.05) is 27.3 Å². The Bertz CT molecular complexity index is 1950. The number of hydrogen-bond donors (Lipinski definition) is 0. The summed E-state index contributed by atoms with van der Waals surface area (Å²) in [5, 5.41) is -0.586. The Labute approximate surface area is 286 Å². The van der Waals surface area contributed by atoms with Crippen LogP contribution in [0.25, 0.3) is 10.9 Å². The van der Waals surface area contributed by atoms with E-state index in [-0.39, 0.29) is 42.9 Å². The lowest BCUT2D eigenvalue weighted by molar-refractivity contribution is -0.136. The lowest BCUT2D eigenvalue weighted by Gasteiger charge is -2.38. The highest BCUT2D eigenvalue weighted by molar-refractivity contribution is 7.89. The molecule has 3 aromatic carbocycles. The van der Waals surface area contributed by atoms with Gasteiger partial charge >= 0.3 is 12.3 Å². The summed E-state index contributed by atoms with van der Waals surface area (Å²) in [7, 11) is -3.95. The Morgan fingerprint density at radius 2 is 1.63 bits per heavy atom. The predicted octanol–water partition coefficient (Wildman–Crippen LogP) is 6.84. The third kappa shape index (κ3) is 7.73. The molecule has 4 aromatic rings. The fraction of sp³-hybridized carbons (Fsp3) is 0.382. The minimum atomic E-state index is -4.92. The van der Waals surface area contributed by atoms with Crippen molar-refractivity contribution in [3.05, 3.63) is 84.1 Å². The molecule has 0 N–H and O–H groups in total. The van der Waals surface area contributed by atoms with Crippen LogP contribution in [0.1, 0.15) is 44.7 Å². The minimum absolute atomic E-state index is 0.152. The van der Waals surface area contributed by atoms with E-state index in [0.29, 0.717) is 17.1 Å². The van der Waals surface area contributed by atoms with Crippen molar-refractivity contribution in [3.63, 3.8) is 0 Å². The molecule has 5 rings (SSSR count). The Balaban J connectivity index is 1.65. The highest BCUT2D eigenvalue weighted by Gasteiger charge is 2.41. The Kier molecular flexibility index (Phi) is 10.4. The van der Waals surface area contributed by atoms with Crippen LogP contribution in [0.3, 0.4) is 0 Å². The summed E-state index contributed by atoms with van der Waals surface area (Å²) >= 11 is 0. The van der Waals surface area contributed by atoms with Crippen LogP contribution in [0.4, 0.5) is 18.0 Å². The molecule has 1 amide bonds. The highest BCUT2D eigenvalue weighted by atomic mass is 32.2. The van der Waals surface area contributed by atoms with Crippen molar-refractivity contribution in [2.24, 2.45) is 0 Å². The second-order valence-corrected chi connectivity index (χ2v) is 15.7. The van der Waals surface area contributed by atoms with Gasteiger partial charge in [0.05, 0.1) is 30.2 Å². The fourth-order valence-electron chi connectivity index (χ4n) is 5.79. The molecule has 1 saturated heterocycles. The van der Waals surface area contributed by atoms with E-state index in [1.54, 1.807) is 69.3 Å². The predicted molar refractivity (Wildman–Crippen MR) is 178 cm³/mol. The standard InChI is InChI=1S/C34H38F3N3O7S2/c1-33(2,3)47-32(41)38-18-16-24(17-19-38)40(21-23-14-15-25(45-4)20-29(23)46-5)49(43,44)30-22-39(48(42)26-10-7-6-8-11-26)28-13-9-12-27(31(28)30)34(35,36)37/h6-15,20,22,24H,16-19,21H2,1-5H3. The molecule has 0 saturated carbocycles. The van der Waals surface area contributed by atoms with Gasteiger partial charge in [0, 0.05) is 48.9 Å². The van der Waals surface area contributed by atoms with Crippen molar-refractivity contribution >= 4 is 38.0 Å². The average molecular weight is 722 g/mol. The Morgan fingerprint density at radius 3 is 2.22 bits per heavy atom. The molecule has 0 radical (unpaired) electrons. The zero-order chi connectivity index (χ0) is 35.7. The van der Waals surface area contributed by atoms with Crippen molar-refractivity contribution in [1.29, 1.82) is 0 Å². The molecule has 1 aromatic heterocycles. The molecular formula is C34H38F3N3O7S2. The molecule has 1 unspecified atom stereocenters. The zero-order valence-corrected chi connectivity index (χ0v) is 29.3. The van der Waals surface area contributed by atoms with Gasteiger partial charge in [-0.3, -0.25) is 3.97 Å². The Hall–Kier alpha value is -4.08. The van der Waals surface area contributed by atoms with E-state index in [4.69, 9.17) is 14.2 Å². The number of methoxy groups -OCH3 is 2. The maximum atomic E-state index is 14.9. The molecule has 0 bridgehead atoms. The second kappa shape index (κ2) is 14.0. The largest absolute Gasteiger partial charge is 0.497 e. The smallest absolute Gasteiger partial charge is 0.417 e. The molecule has 15 heteroatoms. The number of likely N-dealkylation sites (tertiary alicyclic amines) is 1. The molecule has 1 atom stereocenters. The molecule has 0 aliphatic carbocycles. The monoisotopic (exact) mass is 721 g/mol. The van der Waals surface area contributed by atoms with Gasteiger partial charge < -0.3 is 19.1 Å². The second-order valence-electron chi connectivity index (χ2n) is 12.5. The number of fused-ring (bicyclic) bond motifs is 1. The summed E-state index contributed by atoms with van der Waals surface area (Å²) in [5.41, 5.74) is -1.63. The van der Waals surface area contributed by atoms with Gasteiger partial charge in [-0.25, -0.2) is 17.4 Å². The number of amides is 1. The summed E-state index contributed by atoms with van der Waals surface area (Å²) in [4.78, 5) is 13.9. The normalized spacial score (nSPS) is 15.4. The van der Waals surface area contributed by atoms with Gasteiger partial charge in [0.2, 0.25) is 10.0 Å². The quantitative estimate of drug-likeness (QED) is 0.186. The van der Waals surface area contributed by atoms with Gasteiger partial charge in [-0.1, -0.05) is 30.3 Å². The molecule has 2 heterocycles. The molecule has 0 spiro atoms. The molecule has 49 heavy (non-hydrogen) atoms. The van der Waals surface area contributed by atoms with E-state index in [0.717, 1.165) is 26.6 Å². The average Bonchev–Trinajstić information content (AvgIpc) is 3.47. The first-order chi connectivity index (χ1) is 23.0. The van der Waals surface area contributed by atoms with E-state index in [9.17, 15) is 30.6 Å². The number of nitrogens with zero attached hydrogens (tertiary/aromatic N) is 3. The van der Waals surface area contributed by atoms with Gasteiger partial charge in [0.1, 0.15) is 22.0 Å². The molecule has 1 aliphatic heterocycles. The van der Waals surface area contributed by atoms with Crippen LogP contribution in [0.2, 0.25) is 0 Å². The van der Waals surface area contributed by atoms with Crippen LogP contribution in [0, 0.1) is 0 Å². The van der Waals surface area contributed by atoms with E-state index in [2.05, 4.69) is 0 Å². The van der Waals surface area contributed by atoms with Crippen LogP contribution in [-0.4, -0.2) is 70.8 Å². The van der Waals surface area contributed by atoms with Gasteiger partial charge in [-0.05, 0) is 63.9 Å². The first-order valence-corrected chi connectivity index (χ1v) is 18.0. The number of hydrogen-bond acceptors (Lipinski definition) is 7. The summed E-state index contributed by atoms with van der Waals surface area (Å²) in [5.74, 6) is 0.774. The number of aromatic nitrogens is 1. The van der Waals surface area contributed by atoms with Crippen molar-refractivity contribution < 1.29 is 44.8 Å². The van der Waals surface area contributed by atoms with Crippen LogP contribution in [0.15, 0.2) is 82.7 Å². The lowest BCUT2D eigenvalue weighted by Crippen LogP contribution is -2.49. The van der Waals surface area contributed by atoms with Crippen molar-refractivity contribution in [3.8, 4) is 11.5 Å². The summed E-state index contributed by atoms with van der Waals surface area (Å²) in [6.07, 6.45) is -4.09. The highest BCUT2D eigenvalue weighted by Crippen LogP contribution is 2.41. The number of benzene rings is 3. The van der Waals surface area contributed by atoms with E-state index >= 15 is 0 Å². The number of piperidine rings is 1. The first kappa shape index (κ1) is 36.2. The molecule has 1 aliphatic rings. The third-order valence-electron chi connectivity index (χ3n) is 8.12. The maximum Gasteiger partial charge on any atom is 0.417 e. The fourth-order valence-corrected chi connectivity index (χ4v) is 8.88. The third-order valence-corrected chi connectivity index (χ3v) is 11.4. The summed E-state index contributed by atoms with van der Waals surface area (Å²) in [6.45, 7) is 5.26. The van der Waals surface area contributed by atoms with E-state index in [1.165, 1.54) is 25.2 Å². The number of sulfonamides is 1. The molecule has 10 nitrogen and oxygen atoms in total. The van der Waals surface area contributed by atoms with Crippen LogP contribution >= 0.6 is 0 Å². The number of alkyl halides is 3. The van der Waals surface area contributed by atoms with Gasteiger partial charge in [-0.2, -0.15) is 17.5 Å². The lowest BCUT2D eigenvalue weighted by atomic mass is 10.0. The number of ether oxygens (including phenoxy) is 3. The van der Waals surface area contributed by atoms with Crippen molar-refractivity contribution in [2.45, 2.75) is 67.8 Å². The molecular weight excluding hydrogens is 684 g/mol. The Morgan fingerprint density at radius 1 is 0.959 bits per heavy atom. The zero-order valence-electron chi connectivity index (χ0n) is 27.7. The van der Waals surface area contributed by atoms with Crippen LogP contribution < -0.4 is 9.47 Å². The topological polar surface area (TPSA) is 107 Å². The van der Waals surface area contributed by atoms with Gasteiger partial charge in [0.25, 0.3) is 0 Å². The van der Waals surface area contributed by atoms with Crippen molar-refractivity contribution in [1.82, 2.24) is 13.2 Å². The number of rotatable bonds is 9. The van der Waals surface area contributed by atoms with Gasteiger partial charge in [0.15, 0.2) is 11.0 Å². The van der Waals surface area contributed by atoms with E-state index in [1.807, 2.05) is 0 Å². The number of halogens is 3. The number of carbonyl (C=O) groups is 1. The number of carbonyl (C=O) groups excluding carboxylic acids is 1. The first-order valence-electron chi connectivity index (χ1n) is 15.4. The summed E-state index contributed by atoms with van der Waals surface area (Å²) < 4.78 is 106. The SMILES string of the molecule is COc1ccc(CN(C2CCN(C(=O)OC(C)(C)C)CC2)S(=O)(=O)c2cn(S(=O)c3ccccc3)c3cccc(C(F)(F)F)c23)c(OC)c1. The molecule has 1 fully saturated rings. The van der Waals surface area contributed by atoms with Crippen LogP contribution in [0.5, 0.6) is 11.5 Å². The minimum Gasteiger partial charge on any atom is -0.497 e. The van der Waals surface area contributed by atoms with Gasteiger partial charge in [-0.15, -0.1) is 0 Å². The maximum absolute atomic E-state index is 14.9. The van der Waals surface area contributed by atoms with Crippen LogP contribution in [-0.2, 0) is 38.5 Å². The molecule has 264 valence electrons. The summed E-state index contributed by atoms with van der Waals surface area (Å²) in [6, 6.07) is 15.5.